The van der Waals surface area contributed by atoms with E-state index in [-0.39, 0.29) is 6.03 Å². The average Bonchev–Trinajstić information content (AvgIpc) is 3.10. The molecule has 4 heteroatoms. The molecule has 0 atom stereocenters. The third-order valence-electron chi connectivity index (χ3n) is 3.47. The topological polar surface area (TPSA) is 37.3 Å². The van der Waals surface area contributed by atoms with Gasteiger partial charge in [0.05, 0.1) is 0 Å². The van der Waals surface area contributed by atoms with E-state index >= 15 is 0 Å². The lowest BCUT2D eigenvalue weighted by Gasteiger charge is -2.18. The summed E-state index contributed by atoms with van der Waals surface area (Å²) in [7, 11) is 1.75. The zero-order valence-electron chi connectivity index (χ0n) is 12.3. The number of nitrogens with zero attached hydrogens (tertiary/aromatic N) is 2. The number of amides is 2. The first-order chi connectivity index (χ1) is 10.7. The fourth-order valence-electron chi connectivity index (χ4n) is 2.20. The molecule has 0 saturated carbocycles. The number of urea groups is 1. The van der Waals surface area contributed by atoms with Gasteiger partial charge in [-0.15, -0.1) is 0 Å². The van der Waals surface area contributed by atoms with Gasteiger partial charge in [-0.05, 0) is 48.5 Å². The van der Waals surface area contributed by atoms with Crippen molar-refractivity contribution in [3.05, 3.63) is 79.1 Å². The summed E-state index contributed by atoms with van der Waals surface area (Å²) in [6, 6.07) is 21.1. The first-order valence-electron chi connectivity index (χ1n) is 7.07. The van der Waals surface area contributed by atoms with Crippen molar-refractivity contribution in [3.8, 4) is 5.69 Å². The van der Waals surface area contributed by atoms with E-state index in [1.807, 2.05) is 83.7 Å². The highest BCUT2D eigenvalue weighted by molar-refractivity contribution is 6.01. The van der Waals surface area contributed by atoms with Crippen molar-refractivity contribution < 1.29 is 4.79 Å². The van der Waals surface area contributed by atoms with Gasteiger partial charge >= 0.3 is 6.03 Å². The van der Waals surface area contributed by atoms with Gasteiger partial charge in [0.1, 0.15) is 0 Å². The monoisotopic (exact) mass is 291 g/mol. The van der Waals surface area contributed by atoms with Gasteiger partial charge in [-0.2, -0.15) is 0 Å². The number of aromatic nitrogens is 1. The quantitative estimate of drug-likeness (QED) is 0.773. The normalized spacial score (nSPS) is 10.2. The van der Waals surface area contributed by atoms with Crippen LogP contribution in [0.4, 0.5) is 16.2 Å². The van der Waals surface area contributed by atoms with Crippen LogP contribution in [0.5, 0.6) is 0 Å². The van der Waals surface area contributed by atoms with Crippen molar-refractivity contribution in [1.82, 2.24) is 4.57 Å². The lowest BCUT2D eigenvalue weighted by molar-refractivity contribution is 0.258. The molecular weight excluding hydrogens is 274 g/mol. The first-order valence-corrected chi connectivity index (χ1v) is 7.07. The Kier molecular flexibility index (Phi) is 3.92. The Morgan fingerprint density at radius 2 is 1.55 bits per heavy atom. The predicted molar refractivity (Wildman–Crippen MR) is 89.6 cm³/mol. The van der Waals surface area contributed by atoms with E-state index in [1.165, 1.54) is 0 Å². The van der Waals surface area contributed by atoms with Gasteiger partial charge in [-0.1, -0.05) is 18.2 Å². The molecule has 4 nitrogen and oxygen atoms in total. The molecular formula is C18H17N3O. The molecule has 0 aliphatic heterocycles. The van der Waals surface area contributed by atoms with Crippen LogP contribution in [-0.2, 0) is 0 Å². The average molecular weight is 291 g/mol. The molecule has 0 unspecified atom stereocenters. The summed E-state index contributed by atoms with van der Waals surface area (Å²) in [6.07, 6.45) is 3.97. The Bertz CT molecular complexity index is 734. The molecule has 0 aliphatic rings. The molecule has 3 rings (SSSR count). The third-order valence-corrected chi connectivity index (χ3v) is 3.47. The van der Waals surface area contributed by atoms with Gasteiger partial charge in [-0.3, -0.25) is 4.90 Å². The highest BCUT2D eigenvalue weighted by Crippen LogP contribution is 2.16. The van der Waals surface area contributed by atoms with Gasteiger partial charge in [-0.25, -0.2) is 4.79 Å². The molecule has 1 aromatic heterocycles. The number of nitrogens with one attached hydrogen (secondary N) is 1. The van der Waals surface area contributed by atoms with E-state index in [9.17, 15) is 4.79 Å². The number of rotatable bonds is 3. The van der Waals surface area contributed by atoms with Crippen LogP contribution < -0.4 is 10.2 Å². The molecule has 1 N–H and O–H groups in total. The summed E-state index contributed by atoms with van der Waals surface area (Å²) in [5, 5.41) is 2.89. The second-order valence-electron chi connectivity index (χ2n) is 4.96. The molecule has 0 saturated heterocycles. The Balaban J connectivity index is 1.69. The highest BCUT2D eigenvalue weighted by atomic mass is 16.2. The molecule has 0 fully saturated rings. The van der Waals surface area contributed by atoms with E-state index in [0.29, 0.717) is 0 Å². The summed E-state index contributed by atoms with van der Waals surface area (Å²) in [4.78, 5) is 13.8. The van der Waals surface area contributed by atoms with Crippen molar-refractivity contribution in [2.24, 2.45) is 0 Å². The molecule has 0 spiro atoms. The Hall–Kier alpha value is -3.01. The van der Waals surface area contributed by atoms with Crippen molar-refractivity contribution in [2.75, 3.05) is 17.3 Å². The fraction of sp³-hybridized carbons (Fsp3) is 0.0556. The number of hydrogen-bond acceptors (Lipinski definition) is 1. The summed E-state index contributed by atoms with van der Waals surface area (Å²) in [5.74, 6) is 0. The number of para-hydroxylation sites is 1. The highest BCUT2D eigenvalue weighted by Gasteiger charge is 2.10. The van der Waals surface area contributed by atoms with Crippen LogP contribution in [0.25, 0.3) is 5.69 Å². The first kappa shape index (κ1) is 13.9. The van der Waals surface area contributed by atoms with E-state index in [4.69, 9.17) is 0 Å². The zero-order chi connectivity index (χ0) is 15.4. The van der Waals surface area contributed by atoms with Crippen molar-refractivity contribution in [2.45, 2.75) is 0 Å². The summed E-state index contributed by atoms with van der Waals surface area (Å²) in [6.45, 7) is 0. The third kappa shape index (κ3) is 3.01. The zero-order valence-corrected chi connectivity index (χ0v) is 12.3. The minimum absolute atomic E-state index is 0.167. The molecule has 110 valence electrons. The summed E-state index contributed by atoms with van der Waals surface area (Å²) >= 11 is 0. The van der Waals surface area contributed by atoms with Crippen molar-refractivity contribution in [3.63, 3.8) is 0 Å². The van der Waals surface area contributed by atoms with E-state index < -0.39 is 0 Å². The number of benzene rings is 2. The number of carbonyl (C=O) groups is 1. The summed E-state index contributed by atoms with van der Waals surface area (Å²) < 4.78 is 2.02. The SMILES string of the molecule is CN(C(=O)Nc1ccc(-n2cccc2)cc1)c1ccccc1. The summed E-state index contributed by atoms with van der Waals surface area (Å²) in [5.41, 5.74) is 2.67. The van der Waals surface area contributed by atoms with Crippen LogP contribution >= 0.6 is 0 Å². The minimum Gasteiger partial charge on any atom is -0.324 e. The molecule has 1 heterocycles. The number of carbonyl (C=O) groups excluding carboxylic acids is 1. The molecule has 3 aromatic rings. The van der Waals surface area contributed by atoms with E-state index in [1.54, 1.807) is 11.9 Å². The van der Waals surface area contributed by atoms with Gasteiger partial charge in [0, 0.05) is 36.5 Å². The van der Waals surface area contributed by atoms with Gasteiger partial charge in [0.2, 0.25) is 0 Å². The van der Waals surface area contributed by atoms with Gasteiger partial charge in [0.25, 0.3) is 0 Å². The Morgan fingerprint density at radius 3 is 2.18 bits per heavy atom. The maximum atomic E-state index is 12.2. The number of hydrogen-bond donors (Lipinski definition) is 1. The van der Waals surface area contributed by atoms with Crippen LogP contribution in [-0.4, -0.2) is 17.6 Å². The van der Waals surface area contributed by atoms with Crippen LogP contribution in [0, 0.1) is 0 Å². The second kappa shape index (κ2) is 6.18. The van der Waals surface area contributed by atoms with Crippen LogP contribution in [0.1, 0.15) is 0 Å². The van der Waals surface area contributed by atoms with Crippen LogP contribution in [0.15, 0.2) is 79.1 Å². The lowest BCUT2D eigenvalue weighted by atomic mass is 10.2. The lowest BCUT2D eigenvalue weighted by Crippen LogP contribution is -2.31. The van der Waals surface area contributed by atoms with Crippen LogP contribution in [0.3, 0.4) is 0 Å². The standard InChI is InChI=1S/C18H17N3O/c1-20(16-7-3-2-4-8-16)18(22)19-15-9-11-17(12-10-15)21-13-5-6-14-21/h2-14H,1H3,(H,19,22). The molecule has 22 heavy (non-hydrogen) atoms. The van der Waals surface area contributed by atoms with Gasteiger partial charge < -0.3 is 9.88 Å². The Labute approximate surface area is 129 Å². The van der Waals surface area contributed by atoms with E-state index in [2.05, 4.69) is 5.32 Å². The van der Waals surface area contributed by atoms with E-state index in [0.717, 1.165) is 17.1 Å². The molecule has 0 radical (unpaired) electrons. The second-order valence-corrected chi connectivity index (χ2v) is 4.96. The smallest absolute Gasteiger partial charge is 0.324 e. The fourth-order valence-corrected chi connectivity index (χ4v) is 2.20. The number of anilines is 2. The molecule has 0 aliphatic carbocycles. The maximum absolute atomic E-state index is 12.2. The van der Waals surface area contributed by atoms with Crippen molar-refractivity contribution in [1.29, 1.82) is 0 Å². The van der Waals surface area contributed by atoms with Crippen molar-refractivity contribution >= 4 is 17.4 Å². The van der Waals surface area contributed by atoms with Crippen LogP contribution in [0.2, 0.25) is 0 Å². The molecule has 2 aromatic carbocycles. The molecule has 2 amide bonds. The van der Waals surface area contributed by atoms with Gasteiger partial charge in [0.15, 0.2) is 0 Å². The molecule has 0 bridgehead atoms. The largest absolute Gasteiger partial charge is 0.326 e. The predicted octanol–water partition coefficient (Wildman–Crippen LogP) is 4.15. The minimum atomic E-state index is -0.167. The Morgan fingerprint density at radius 1 is 0.909 bits per heavy atom. The maximum Gasteiger partial charge on any atom is 0.326 e.